The van der Waals surface area contributed by atoms with Crippen molar-refractivity contribution >= 4 is 22.4 Å². The lowest BCUT2D eigenvalue weighted by atomic mass is 10.1. The smallest absolute Gasteiger partial charge is 0.233 e. The number of likely N-dealkylation sites (N-methyl/N-ethyl adjacent to an activating group) is 1. The van der Waals surface area contributed by atoms with E-state index in [0.29, 0.717) is 24.0 Å². The summed E-state index contributed by atoms with van der Waals surface area (Å²) in [6.07, 6.45) is 3.50. The van der Waals surface area contributed by atoms with Gasteiger partial charge in [0.1, 0.15) is 24.4 Å². The number of hydrogen-bond donors (Lipinski definition) is 1. The summed E-state index contributed by atoms with van der Waals surface area (Å²) < 4.78 is 9.73. The second-order valence-electron chi connectivity index (χ2n) is 8.52. The van der Waals surface area contributed by atoms with Crippen LogP contribution in [0.5, 0.6) is 5.88 Å². The maximum Gasteiger partial charge on any atom is 0.233 e. The molecule has 5 rings (SSSR count). The number of nitrogens with two attached hydrogens (primary N) is 1. The molecule has 1 atom stereocenters. The van der Waals surface area contributed by atoms with Crippen LogP contribution < -0.4 is 10.5 Å². The molecule has 5 aromatic rings. The molecule has 0 fully saturated rings. The summed E-state index contributed by atoms with van der Waals surface area (Å²) in [7, 11) is 4.01. The highest BCUT2D eigenvalue weighted by molar-refractivity contribution is 5.88. The number of nitrogens with zero attached hydrogens (tertiary/aromatic N) is 8. The van der Waals surface area contributed by atoms with Crippen LogP contribution in [0.1, 0.15) is 24.2 Å². The van der Waals surface area contributed by atoms with Crippen LogP contribution in [0.15, 0.2) is 48.9 Å². The van der Waals surface area contributed by atoms with E-state index in [1.165, 1.54) is 6.33 Å². The van der Waals surface area contributed by atoms with Gasteiger partial charge in [-0.15, -0.1) is 10.2 Å². The maximum atomic E-state index is 6.12. The van der Waals surface area contributed by atoms with Crippen LogP contribution in [0.25, 0.3) is 27.9 Å². The van der Waals surface area contributed by atoms with Gasteiger partial charge in [-0.1, -0.05) is 6.07 Å². The minimum Gasteiger partial charge on any atom is -0.475 e. The number of pyridine rings is 1. The molecular weight excluding hydrogens is 430 g/mol. The van der Waals surface area contributed by atoms with Gasteiger partial charge in [0.25, 0.3) is 0 Å². The highest BCUT2D eigenvalue weighted by Gasteiger charge is 2.24. The molecule has 174 valence electrons. The van der Waals surface area contributed by atoms with Gasteiger partial charge < -0.3 is 19.8 Å². The molecule has 5 heterocycles. The summed E-state index contributed by atoms with van der Waals surface area (Å²) in [6, 6.07) is 11.9. The third-order valence-electron chi connectivity index (χ3n) is 5.89. The molecule has 0 aliphatic rings. The number of anilines is 1. The molecule has 0 saturated heterocycles. The first-order valence-electron chi connectivity index (χ1n) is 11.1. The van der Waals surface area contributed by atoms with E-state index in [9.17, 15) is 0 Å². The fraction of sp³-hybridized carbons (Fsp3) is 0.292. The van der Waals surface area contributed by atoms with Gasteiger partial charge in [-0.25, -0.2) is 14.6 Å². The van der Waals surface area contributed by atoms with Gasteiger partial charge in [-0.2, -0.15) is 5.10 Å². The second kappa shape index (κ2) is 8.71. The fourth-order valence-electron chi connectivity index (χ4n) is 4.16. The molecule has 5 aromatic heterocycles. The van der Waals surface area contributed by atoms with Gasteiger partial charge in [0.05, 0.1) is 22.8 Å². The first-order valence-corrected chi connectivity index (χ1v) is 11.1. The van der Waals surface area contributed by atoms with Crippen molar-refractivity contribution in [1.82, 2.24) is 39.2 Å². The predicted molar refractivity (Wildman–Crippen MR) is 131 cm³/mol. The van der Waals surface area contributed by atoms with Gasteiger partial charge in [0.15, 0.2) is 5.65 Å². The van der Waals surface area contributed by atoms with Crippen molar-refractivity contribution in [3.63, 3.8) is 0 Å². The van der Waals surface area contributed by atoms with E-state index >= 15 is 0 Å². The number of nitrogen functional groups attached to an aromatic ring is 1. The molecule has 0 aliphatic carbocycles. The van der Waals surface area contributed by atoms with Crippen molar-refractivity contribution in [2.45, 2.75) is 19.9 Å². The standard InChI is InChI=1S/C24H27N9O/c1-15-21-23(25)26-14-27-24(21)33(30-15)16(2)18-13-17-7-5-6-10-32(17)22(18)19-8-9-20(29-28-19)34-12-11-31(3)4/h5-10,13-14,16H,11-12H2,1-4H3,(H2,25,26,27). The quantitative estimate of drug-likeness (QED) is 0.397. The van der Waals surface area contributed by atoms with Crippen molar-refractivity contribution in [2.75, 3.05) is 33.0 Å². The highest BCUT2D eigenvalue weighted by atomic mass is 16.5. The van der Waals surface area contributed by atoms with Gasteiger partial charge >= 0.3 is 0 Å². The highest BCUT2D eigenvalue weighted by Crippen LogP contribution is 2.34. The zero-order chi connectivity index (χ0) is 23.8. The lowest BCUT2D eigenvalue weighted by Gasteiger charge is -2.15. The maximum absolute atomic E-state index is 6.12. The summed E-state index contributed by atoms with van der Waals surface area (Å²) in [5.41, 5.74) is 11.4. The zero-order valence-corrected chi connectivity index (χ0v) is 19.7. The molecule has 10 heteroatoms. The Bertz CT molecular complexity index is 1450. The van der Waals surface area contributed by atoms with Crippen LogP contribution in [-0.4, -0.2) is 66.5 Å². The van der Waals surface area contributed by atoms with E-state index in [4.69, 9.17) is 15.6 Å². The summed E-state index contributed by atoms with van der Waals surface area (Å²) in [6.45, 7) is 5.37. The molecule has 0 radical (unpaired) electrons. The number of ether oxygens (including phenoxy) is 1. The number of aryl methyl sites for hydroxylation is 1. The molecule has 0 bridgehead atoms. The Morgan fingerprint density at radius 1 is 1.12 bits per heavy atom. The lowest BCUT2D eigenvalue weighted by Crippen LogP contribution is -2.19. The van der Waals surface area contributed by atoms with Crippen LogP contribution in [0.4, 0.5) is 5.82 Å². The third-order valence-corrected chi connectivity index (χ3v) is 5.89. The van der Waals surface area contributed by atoms with Crippen LogP contribution in [0, 0.1) is 6.92 Å². The van der Waals surface area contributed by atoms with Crippen molar-refractivity contribution in [2.24, 2.45) is 0 Å². The Balaban J connectivity index is 1.58. The summed E-state index contributed by atoms with van der Waals surface area (Å²) >= 11 is 0. The van der Waals surface area contributed by atoms with E-state index < -0.39 is 0 Å². The number of aromatic nitrogens is 7. The molecule has 1 unspecified atom stereocenters. The zero-order valence-electron chi connectivity index (χ0n) is 19.7. The van der Waals surface area contributed by atoms with Crippen LogP contribution in [0.2, 0.25) is 0 Å². The lowest BCUT2D eigenvalue weighted by molar-refractivity contribution is 0.252. The van der Waals surface area contributed by atoms with Crippen LogP contribution in [-0.2, 0) is 0 Å². The van der Waals surface area contributed by atoms with Gasteiger partial charge in [0.2, 0.25) is 5.88 Å². The molecule has 10 nitrogen and oxygen atoms in total. The minimum absolute atomic E-state index is 0.141. The Labute approximate surface area is 197 Å². The van der Waals surface area contributed by atoms with Crippen molar-refractivity contribution in [3.05, 3.63) is 60.2 Å². The molecule has 0 aromatic carbocycles. The normalized spacial score (nSPS) is 12.6. The Morgan fingerprint density at radius 3 is 2.74 bits per heavy atom. The number of hydrogen-bond acceptors (Lipinski definition) is 8. The van der Waals surface area contributed by atoms with E-state index in [-0.39, 0.29) is 6.04 Å². The molecule has 0 amide bonds. The summed E-state index contributed by atoms with van der Waals surface area (Å²) in [5, 5.41) is 14.4. The average Bonchev–Trinajstić information content (AvgIpc) is 3.38. The van der Waals surface area contributed by atoms with Crippen molar-refractivity contribution in [1.29, 1.82) is 0 Å². The Kier molecular flexibility index (Phi) is 5.58. The van der Waals surface area contributed by atoms with E-state index in [1.807, 2.05) is 56.2 Å². The fourth-order valence-corrected chi connectivity index (χ4v) is 4.16. The largest absolute Gasteiger partial charge is 0.475 e. The minimum atomic E-state index is -0.141. The number of rotatable bonds is 7. The molecule has 2 N–H and O–H groups in total. The van der Waals surface area contributed by atoms with Gasteiger partial charge in [-0.3, -0.25) is 0 Å². The van der Waals surface area contributed by atoms with Crippen molar-refractivity contribution < 1.29 is 4.74 Å². The molecule has 0 spiro atoms. The Morgan fingerprint density at radius 2 is 1.97 bits per heavy atom. The van der Waals surface area contributed by atoms with E-state index in [0.717, 1.165) is 40.1 Å². The van der Waals surface area contributed by atoms with Crippen molar-refractivity contribution in [3.8, 4) is 17.3 Å². The second-order valence-corrected chi connectivity index (χ2v) is 8.52. The average molecular weight is 458 g/mol. The van der Waals surface area contributed by atoms with E-state index in [2.05, 4.69) is 48.5 Å². The van der Waals surface area contributed by atoms with Crippen LogP contribution >= 0.6 is 0 Å². The Hall–Kier alpha value is -4.05. The summed E-state index contributed by atoms with van der Waals surface area (Å²) in [4.78, 5) is 10.7. The first kappa shape index (κ1) is 21.8. The van der Waals surface area contributed by atoms with Gasteiger partial charge in [-0.05, 0) is 52.2 Å². The first-order chi connectivity index (χ1) is 16.4. The molecule has 0 aliphatic heterocycles. The summed E-state index contributed by atoms with van der Waals surface area (Å²) in [5.74, 6) is 0.931. The monoisotopic (exact) mass is 457 g/mol. The number of fused-ring (bicyclic) bond motifs is 2. The third kappa shape index (κ3) is 3.81. The molecule has 0 saturated carbocycles. The van der Waals surface area contributed by atoms with Gasteiger partial charge in [0, 0.05) is 29.9 Å². The topological polar surface area (TPSA) is 112 Å². The molecule has 34 heavy (non-hydrogen) atoms. The SMILES string of the molecule is Cc1nn(C(C)c2cc3ccccn3c2-c2ccc(OCCN(C)C)nn2)c2ncnc(N)c12. The van der Waals surface area contributed by atoms with Crippen LogP contribution in [0.3, 0.4) is 0 Å². The van der Waals surface area contributed by atoms with E-state index in [1.54, 1.807) is 0 Å². The molecular formula is C24H27N9O. The predicted octanol–water partition coefficient (Wildman–Crippen LogP) is 2.98.